The highest BCUT2D eigenvalue weighted by Gasteiger charge is 2.43. The van der Waals surface area contributed by atoms with E-state index in [0.29, 0.717) is 12.0 Å². The molecule has 0 saturated carbocycles. The van der Waals surface area contributed by atoms with Gasteiger partial charge in [0.15, 0.2) is 0 Å². The topological polar surface area (TPSA) is 63.1 Å². The lowest BCUT2D eigenvalue weighted by molar-refractivity contribution is -0.127. The average molecular weight is 367 g/mol. The van der Waals surface area contributed by atoms with Crippen LogP contribution < -0.4 is 5.32 Å². The fraction of sp³-hybridized carbons (Fsp3) is 0.571. The van der Waals surface area contributed by atoms with Crippen molar-refractivity contribution >= 4 is 11.6 Å². The van der Waals surface area contributed by atoms with Crippen molar-refractivity contribution in [1.29, 1.82) is 0 Å². The first-order valence-electron chi connectivity index (χ1n) is 9.91. The van der Waals surface area contributed by atoms with Crippen molar-refractivity contribution in [1.82, 2.24) is 19.9 Å². The maximum absolute atomic E-state index is 12.8. The molecule has 4 atom stereocenters. The van der Waals surface area contributed by atoms with Crippen molar-refractivity contribution in [3.8, 4) is 0 Å². The highest BCUT2D eigenvalue weighted by molar-refractivity contribution is 5.93. The van der Waals surface area contributed by atoms with Crippen LogP contribution in [0, 0.1) is 11.8 Å². The van der Waals surface area contributed by atoms with Crippen LogP contribution in [0.3, 0.4) is 0 Å². The van der Waals surface area contributed by atoms with E-state index in [1.54, 1.807) is 0 Å². The van der Waals surface area contributed by atoms with Gasteiger partial charge in [0, 0.05) is 29.9 Å². The van der Waals surface area contributed by atoms with E-state index in [1.165, 1.54) is 0 Å². The lowest BCUT2D eigenvalue weighted by atomic mass is 9.75. The summed E-state index contributed by atoms with van der Waals surface area (Å²) in [6, 6.07) is 10.2. The largest absolute Gasteiger partial charge is 0.326 e. The summed E-state index contributed by atoms with van der Waals surface area (Å²) in [7, 11) is 0. The summed E-state index contributed by atoms with van der Waals surface area (Å²) < 4.78 is 1.98. The van der Waals surface area contributed by atoms with Crippen LogP contribution >= 0.6 is 0 Å². The molecule has 0 spiro atoms. The van der Waals surface area contributed by atoms with Crippen LogP contribution in [0.5, 0.6) is 0 Å². The van der Waals surface area contributed by atoms with E-state index in [2.05, 4.69) is 47.5 Å². The van der Waals surface area contributed by atoms with Gasteiger partial charge in [0.1, 0.15) is 0 Å². The third-order valence-corrected chi connectivity index (χ3v) is 5.96. The van der Waals surface area contributed by atoms with Gasteiger partial charge in [-0.05, 0) is 37.4 Å². The molecule has 3 aliphatic rings. The molecule has 4 unspecified atom stereocenters. The first-order valence-corrected chi connectivity index (χ1v) is 9.91. The number of piperidine rings is 3. The Labute approximate surface area is 160 Å². The zero-order valence-electron chi connectivity index (χ0n) is 16.4. The smallest absolute Gasteiger partial charge is 0.229 e. The highest BCUT2D eigenvalue weighted by atomic mass is 16.2. The van der Waals surface area contributed by atoms with Gasteiger partial charge in [-0.3, -0.25) is 14.4 Å². The predicted octanol–water partition coefficient (Wildman–Crippen LogP) is 2.92. The van der Waals surface area contributed by atoms with E-state index in [-0.39, 0.29) is 17.2 Å². The molecule has 2 aromatic rings. The van der Waals surface area contributed by atoms with Gasteiger partial charge in [-0.2, -0.15) is 0 Å². The number of benzene rings is 1. The Morgan fingerprint density at radius 3 is 2.67 bits per heavy atom. The van der Waals surface area contributed by atoms with E-state index in [0.717, 1.165) is 43.9 Å². The van der Waals surface area contributed by atoms with Crippen LogP contribution in [0.15, 0.2) is 36.5 Å². The van der Waals surface area contributed by atoms with E-state index in [4.69, 9.17) is 0 Å². The molecular formula is C21H29N5O. The summed E-state index contributed by atoms with van der Waals surface area (Å²) in [5.41, 5.74) is 1.93. The number of rotatable bonds is 4. The van der Waals surface area contributed by atoms with Gasteiger partial charge in [0.05, 0.1) is 18.2 Å². The number of carbonyl (C=O) groups is 1. The summed E-state index contributed by atoms with van der Waals surface area (Å²) in [5, 5.41) is 11.8. The monoisotopic (exact) mass is 367 g/mol. The average Bonchev–Trinajstić information content (AvgIpc) is 3.12. The van der Waals surface area contributed by atoms with Crippen molar-refractivity contribution in [3.63, 3.8) is 0 Å². The molecule has 4 heterocycles. The van der Waals surface area contributed by atoms with E-state index in [9.17, 15) is 4.79 Å². The lowest BCUT2D eigenvalue weighted by Crippen LogP contribution is -2.57. The van der Waals surface area contributed by atoms with Gasteiger partial charge in [-0.1, -0.05) is 44.2 Å². The van der Waals surface area contributed by atoms with Gasteiger partial charge in [0.2, 0.25) is 5.91 Å². The van der Waals surface area contributed by atoms with Gasteiger partial charge < -0.3 is 5.32 Å². The summed E-state index contributed by atoms with van der Waals surface area (Å²) in [6.45, 7) is 9.24. The normalized spacial score (nSPS) is 27.5. The first kappa shape index (κ1) is 18.2. The molecule has 5 rings (SSSR count). The zero-order valence-corrected chi connectivity index (χ0v) is 16.4. The standard InChI is InChI=1S/C21H29N5O/c1-21(2,3)19-14-26(24-23-19)12-17-11-15-9-10-25(17)13-18(15)20(27)22-16-7-5-4-6-8-16/h4-8,14-15,17-18H,9-13H2,1-3H3,(H,22,27). The van der Waals surface area contributed by atoms with E-state index in [1.807, 2.05) is 35.0 Å². The molecule has 6 nitrogen and oxygen atoms in total. The second-order valence-corrected chi connectivity index (χ2v) is 8.97. The van der Waals surface area contributed by atoms with Crippen molar-refractivity contribution in [2.45, 2.75) is 51.6 Å². The van der Waals surface area contributed by atoms with Crippen LogP contribution in [0.25, 0.3) is 0 Å². The minimum atomic E-state index is 0.0186. The molecule has 1 aromatic heterocycles. The molecule has 0 aliphatic carbocycles. The number of hydrogen-bond donors (Lipinski definition) is 1. The fourth-order valence-corrected chi connectivity index (χ4v) is 4.33. The van der Waals surface area contributed by atoms with Gasteiger partial charge in [0.25, 0.3) is 0 Å². The van der Waals surface area contributed by atoms with Crippen LogP contribution in [0.4, 0.5) is 5.69 Å². The Hall–Kier alpha value is -2.21. The number of nitrogens with zero attached hydrogens (tertiary/aromatic N) is 4. The molecule has 1 amide bonds. The number of para-hydroxylation sites is 1. The van der Waals surface area contributed by atoms with Crippen LogP contribution in [-0.4, -0.2) is 44.9 Å². The predicted molar refractivity (Wildman–Crippen MR) is 105 cm³/mol. The first-order chi connectivity index (χ1) is 12.9. The lowest BCUT2D eigenvalue weighted by Gasteiger charge is -2.49. The summed E-state index contributed by atoms with van der Waals surface area (Å²) in [5.74, 6) is 0.690. The number of nitrogens with one attached hydrogen (secondary N) is 1. The third kappa shape index (κ3) is 3.90. The molecule has 27 heavy (non-hydrogen) atoms. The minimum absolute atomic E-state index is 0.0186. The van der Waals surface area contributed by atoms with Crippen molar-refractivity contribution in [2.24, 2.45) is 11.8 Å². The molecule has 1 N–H and O–H groups in total. The van der Waals surface area contributed by atoms with Gasteiger partial charge >= 0.3 is 0 Å². The summed E-state index contributed by atoms with van der Waals surface area (Å²) in [6.07, 6.45) is 4.23. The number of carbonyl (C=O) groups excluding carboxylic acids is 1. The Balaban J connectivity index is 1.39. The maximum atomic E-state index is 12.8. The second-order valence-electron chi connectivity index (χ2n) is 8.97. The Bertz CT molecular complexity index is 794. The van der Waals surface area contributed by atoms with Crippen LogP contribution in [-0.2, 0) is 16.8 Å². The summed E-state index contributed by atoms with van der Waals surface area (Å²) >= 11 is 0. The molecule has 3 aliphatic heterocycles. The molecule has 6 heteroatoms. The van der Waals surface area contributed by atoms with E-state index < -0.39 is 0 Å². The number of fused-ring (bicyclic) bond motifs is 3. The van der Waals surface area contributed by atoms with Crippen molar-refractivity contribution < 1.29 is 4.79 Å². The summed E-state index contributed by atoms with van der Waals surface area (Å²) in [4.78, 5) is 15.2. The number of aromatic nitrogens is 3. The second kappa shape index (κ2) is 7.08. The fourth-order valence-electron chi connectivity index (χ4n) is 4.33. The zero-order chi connectivity index (χ0) is 19.0. The van der Waals surface area contributed by atoms with Crippen LogP contribution in [0.1, 0.15) is 39.3 Å². The quantitative estimate of drug-likeness (QED) is 0.902. The molecular weight excluding hydrogens is 338 g/mol. The van der Waals surface area contributed by atoms with Crippen LogP contribution in [0.2, 0.25) is 0 Å². The molecule has 144 valence electrons. The Kier molecular flexibility index (Phi) is 4.76. The van der Waals surface area contributed by atoms with Gasteiger partial charge in [-0.15, -0.1) is 5.10 Å². The van der Waals surface area contributed by atoms with Crippen molar-refractivity contribution in [2.75, 3.05) is 18.4 Å². The highest BCUT2D eigenvalue weighted by Crippen LogP contribution is 2.37. The number of anilines is 1. The Morgan fingerprint density at radius 2 is 2.04 bits per heavy atom. The maximum Gasteiger partial charge on any atom is 0.229 e. The van der Waals surface area contributed by atoms with Crippen molar-refractivity contribution in [3.05, 3.63) is 42.2 Å². The molecule has 2 bridgehead atoms. The number of amides is 1. The third-order valence-electron chi connectivity index (χ3n) is 5.96. The SMILES string of the molecule is CC(C)(C)c1cn(CC2CC3CCN2CC3C(=O)Nc2ccccc2)nn1. The minimum Gasteiger partial charge on any atom is -0.326 e. The Morgan fingerprint density at radius 1 is 1.26 bits per heavy atom. The van der Waals surface area contributed by atoms with Gasteiger partial charge in [-0.25, -0.2) is 0 Å². The van der Waals surface area contributed by atoms with E-state index >= 15 is 0 Å². The molecule has 3 fully saturated rings. The number of hydrogen-bond acceptors (Lipinski definition) is 4. The molecule has 3 saturated heterocycles. The molecule has 0 radical (unpaired) electrons. The molecule has 1 aromatic carbocycles.